The second-order valence-electron chi connectivity index (χ2n) is 4.56. The van der Waals surface area contributed by atoms with Crippen molar-refractivity contribution in [1.82, 2.24) is 0 Å². The van der Waals surface area contributed by atoms with Gasteiger partial charge in [0.2, 0.25) is 0 Å². The number of carbonyl (C=O) groups excluding carboxylic acids is 1. The smallest absolute Gasteiger partial charge is 0.363 e. The number of hydrogen-bond donors (Lipinski definition) is 0. The number of benzene rings is 1. The van der Waals surface area contributed by atoms with Crippen molar-refractivity contribution in [2.75, 3.05) is 0 Å². The SMILES string of the molecule is O=C1OC(CCc2ccco2)=N/C1=C/c1cccc(Cl)c1. The zero-order valence-corrected chi connectivity index (χ0v) is 11.8. The number of aliphatic imine (C=N–C) groups is 1. The van der Waals surface area contributed by atoms with Crippen LogP contribution in [0.4, 0.5) is 0 Å². The molecular weight excluding hydrogens is 290 g/mol. The van der Waals surface area contributed by atoms with Crippen LogP contribution in [-0.2, 0) is 16.0 Å². The van der Waals surface area contributed by atoms with Crippen molar-refractivity contribution >= 4 is 29.5 Å². The van der Waals surface area contributed by atoms with Crippen LogP contribution in [0.1, 0.15) is 17.7 Å². The van der Waals surface area contributed by atoms with Crippen molar-refractivity contribution in [1.29, 1.82) is 0 Å². The molecule has 2 heterocycles. The van der Waals surface area contributed by atoms with Gasteiger partial charge in [0.05, 0.1) is 6.26 Å². The number of rotatable bonds is 4. The molecule has 0 unspecified atom stereocenters. The molecule has 0 N–H and O–H groups in total. The normalized spacial score (nSPS) is 16.1. The lowest BCUT2D eigenvalue weighted by Gasteiger charge is -1.96. The van der Waals surface area contributed by atoms with Gasteiger partial charge >= 0.3 is 5.97 Å². The highest BCUT2D eigenvalue weighted by Gasteiger charge is 2.22. The van der Waals surface area contributed by atoms with Gasteiger partial charge in [0.15, 0.2) is 11.6 Å². The summed E-state index contributed by atoms with van der Waals surface area (Å²) in [5.41, 5.74) is 1.09. The summed E-state index contributed by atoms with van der Waals surface area (Å²) in [6.07, 6.45) is 4.44. The third kappa shape index (κ3) is 3.41. The number of carbonyl (C=O) groups is 1. The second kappa shape index (κ2) is 5.97. The first-order valence-electron chi connectivity index (χ1n) is 6.50. The van der Waals surface area contributed by atoms with Crippen LogP contribution in [0, 0.1) is 0 Å². The van der Waals surface area contributed by atoms with E-state index in [4.69, 9.17) is 20.8 Å². The van der Waals surface area contributed by atoms with Crippen LogP contribution in [0.15, 0.2) is 57.8 Å². The summed E-state index contributed by atoms with van der Waals surface area (Å²) in [6.45, 7) is 0. The molecule has 1 aliphatic heterocycles. The molecule has 106 valence electrons. The third-order valence-electron chi connectivity index (χ3n) is 2.98. The molecule has 1 aromatic carbocycles. The Morgan fingerprint density at radius 1 is 1.19 bits per heavy atom. The Morgan fingerprint density at radius 3 is 2.86 bits per heavy atom. The predicted molar refractivity (Wildman–Crippen MR) is 80.0 cm³/mol. The van der Waals surface area contributed by atoms with Gasteiger partial charge in [0.1, 0.15) is 5.76 Å². The quantitative estimate of drug-likeness (QED) is 0.636. The van der Waals surface area contributed by atoms with Gasteiger partial charge in [-0.3, -0.25) is 0 Å². The first kappa shape index (κ1) is 13.6. The molecule has 0 spiro atoms. The van der Waals surface area contributed by atoms with Crippen LogP contribution in [-0.4, -0.2) is 11.9 Å². The summed E-state index contributed by atoms with van der Waals surface area (Å²) < 4.78 is 10.4. The Bertz CT molecular complexity index is 717. The van der Waals surface area contributed by atoms with Gasteiger partial charge in [-0.15, -0.1) is 0 Å². The fourth-order valence-electron chi connectivity index (χ4n) is 2.00. The van der Waals surface area contributed by atoms with E-state index in [-0.39, 0.29) is 5.70 Å². The van der Waals surface area contributed by atoms with Crippen LogP contribution in [0.25, 0.3) is 6.08 Å². The highest BCUT2D eigenvalue weighted by Crippen LogP contribution is 2.19. The van der Waals surface area contributed by atoms with Gasteiger partial charge in [-0.25, -0.2) is 9.79 Å². The minimum absolute atomic E-state index is 0.284. The maximum atomic E-state index is 11.8. The average Bonchev–Trinajstić information content (AvgIpc) is 3.07. The molecule has 3 rings (SSSR count). The Balaban J connectivity index is 1.72. The molecule has 4 nitrogen and oxygen atoms in total. The summed E-state index contributed by atoms with van der Waals surface area (Å²) in [4.78, 5) is 16.0. The molecule has 0 bridgehead atoms. The summed E-state index contributed by atoms with van der Waals surface area (Å²) >= 11 is 5.91. The first-order chi connectivity index (χ1) is 10.2. The van der Waals surface area contributed by atoms with Gasteiger partial charge in [0, 0.05) is 17.9 Å². The van der Waals surface area contributed by atoms with Crippen molar-refractivity contribution in [2.45, 2.75) is 12.8 Å². The summed E-state index contributed by atoms with van der Waals surface area (Å²) in [7, 11) is 0. The molecular formula is C16H12ClNO3. The van der Waals surface area contributed by atoms with E-state index >= 15 is 0 Å². The zero-order chi connectivity index (χ0) is 14.7. The Kier molecular flexibility index (Phi) is 3.88. The fraction of sp³-hybridized carbons (Fsp3) is 0.125. The second-order valence-corrected chi connectivity index (χ2v) is 5.00. The van der Waals surface area contributed by atoms with Crippen molar-refractivity contribution in [3.05, 3.63) is 64.7 Å². The lowest BCUT2D eigenvalue weighted by molar-refractivity contribution is -0.130. The predicted octanol–water partition coefficient (Wildman–Crippen LogP) is 3.86. The largest absolute Gasteiger partial charge is 0.469 e. The standard InChI is InChI=1S/C16H12ClNO3/c17-12-4-1-3-11(9-12)10-14-16(19)21-15(18-14)7-6-13-5-2-8-20-13/h1-5,8-10H,6-7H2/b14-10+. The summed E-state index contributed by atoms with van der Waals surface area (Å²) in [5, 5.41) is 0.609. The van der Waals surface area contributed by atoms with Gasteiger partial charge < -0.3 is 9.15 Å². The zero-order valence-electron chi connectivity index (χ0n) is 11.1. The van der Waals surface area contributed by atoms with E-state index < -0.39 is 5.97 Å². The van der Waals surface area contributed by atoms with Crippen molar-refractivity contribution in [2.24, 2.45) is 4.99 Å². The van der Waals surface area contributed by atoms with Crippen LogP contribution in [0.5, 0.6) is 0 Å². The molecule has 0 saturated carbocycles. The molecule has 2 aromatic rings. The number of ether oxygens (including phenoxy) is 1. The topological polar surface area (TPSA) is 51.8 Å². The number of nitrogens with zero attached hydrogens (tertiary/aromatic N) is 1. The van der Waals surface area contributed by atoms with E-state index in [2.05, 4.69) is 4.99 Å². The molecule has 0 aliphatic carbocycles. The molecule has 1 aliphatic rings. The number of cyclic esters (lactones) is 1. The van der Waals surface area contributed by atoms with E-state index in [1.165, 1.54) is 0 Å². The van der Waals surface area contributed by atoms with Gasteiger partial charge in [0.25, 0.3) is 0 Å². The van der Waals surface area contributed by atoms with Crippen LogP contribution in [0.3, 0.4) is 0 Å². The third-order valence-corrected chi connectivity index (χ3v) is 3.22. The number of halogens is 1. The van der Waals surface area contributed by atoms with E-state index in [1.54, 1.807) is 24.5 Å². The molecule has 0 fully saturated rings. The van der Waals surface area contributed by atoms with E-state index in [0.717, 1.165) is 11.3 Å². The maximum absolute atomic E-state index is 11.8. The maximum Gasteiger partial charge on any atom is 0.363 e. The molecule has 0 atom stereocenters. The van der Waals surface area contributed by atoms with Crippen LogP contribution in [0.2, 0.25) is 5.02 Å². The highest BCUT2D eigenvalue weighted by molar-refractivity contribution is 6.30. The monoisotopic (exact) mass is 301 g/mol. The van der Waals surface area contributed by atoms with Gasteiger partial charge in [-0.1, -0.05) is 23.7 Å². The molecule has 0 radical (unpaired) electrons. The fourth-order valence-corrected chi connectivity index (χ4v) is 2.20. The Morgan fingerprint density at radius 2 is 2.10 bits per heavy atom. The van der Waals surface area contributed by atoms with Crippen molar-refractivity contribution in [3.8, 4) is 0 Å². The van der Waals surface area contributed by atoms with Crippen molar-refractivity contribution in [3.63, 3.8) is 0 Å². The highest BCUT2D eigenvalue weighted by atomic mass is 35.5. The molecule has 21 heavy (non-hydrogen) atoms. The first-order valence-corrected chi connectivity index (χ1v) is 6.88. The summed E-state index contributed by atoms with van der Waals surface area (Å²) in [6, 6.07) is 10.9. The van der Waals surface area contributed by atoms with Gasteiger partial charge in [-0.05, 0) is 35.9 Å². The van der Waals surface area contributed by atoms with E-state index in [9.17, 15) is 4.79 Å². The minimum Gasteiger partial charge on any atom is -0.469 e. The van der Waals surface area contributed by atoms with Crippen LogP contribution < -0.4 is 0 Å². The summed E-state index contributed by atoms with van der Waals surface area (Å²) in [5.74, 6) is 0.801. The minimum atomic E-state index is -0.440. The molecule has 1 aromatic heterocycles. The van der Waals surface area contributed by atoms with Gasteiger partial charge in [-0.2, -0.15) is 0 Å². The lowest BCUT2D eigenvalue weighted by atomic mass is 10.2. The molecule has 5 heteroatoms. The molecule has 0 saturated heterocycles. The number of aryl methyl sites for hydroxylation is 1. The number of furan rings is 1. The van der Waals surface area contributed by atoms with Crippen molar-refractivity contribution < 1.29 is 13.9 Å². The van der Waals surface area contributed by atoms with E-state index in [0.29, 0.717) is 23.8 Å². The van der Waals surface area contributed by atoms with Crippen LogP contribution >= 0.6 is 11.6 Å². The molecule has 0 amide bonds. The Labute approximate surface area is 126 Å². The lowest BCUT2D eigenvalue weighted by Crippen LogP contribution is -2.04. The number of hydrogen-bond acceptors (Lipinski definition) is 4. The number of esters is 1. The Hall–Kier alpha value is -2.33. The van der Waals surface area contributed by atoms with E-state index in [1.807, 2.05) is 24.3 Å². The average molecular weight is 302 g/mol.